The van der Waals surface area contributed by atoms with Crippen LogP contribution in [0.3, 0.4) is 0 Å². The molecule has 0 N–H and O–H groups in total. The summed E-state index contributed by atoms with van der Waals surface area (Å²) in [4.78, 5) is 15.6. The fourth-order valence-electron chi connectivity index (χ4n) is 1.51. The van der Waals surface area contributed by atoms with Crippen molar-refractivity contribution in [1.29, 1.82) is 5.26 Å². The third-order valence-corrected chi connectivity index (χ3v) is 2.29. The first-order valence-corrected chi connectivity index (χ1v) is 4.90. The Morgan fingerprint density at radius 3 is 2.53 bits per heavy atom. The van der Waals surface area contributed by atoms with Crippen LogP contribution >= 0.6 is 0 Å². The first-order chi connectivity index (χ1) is 6.97. The number of hydrogen-bond acceptors (Lipinski definition) is 3. The number of Topliss-reactive ketones (excluding diaryl/α,β-unsaturated/α-hetero) is 1. The van der Waals surface area contributed by atoms with E-state index in [0.717, 1.165) is 5.69 Å². The van der Waals surface area contributed by atoms with Crippen LogP contribution in [0.2, 0.25) is 0 Å². The molecule has 0 spiro atoms. The van der Waals surface area contributed by atoms with Crippen LogP contribution in [0.4, 0.5) is 0 Å². The van der Waals surface area contributed by atoms with E-state index in [1.807, 2.05) is 13.8 Å². The molecule has 0 radical (unpaired) electrons. The van der Waals surface area contributed by atoms with E-state index in [0.29, 0.717) is 16.8 Å². The topological polar surface area (TPSA) is 53.8 Å². The molecule has 1 aromatic heterocycles. The van der Waals surface area contributed by atoms with Crippen LogP contribution in [0.15, 0.2) is 6.07 Å². The maximum absolute atomic E-state index is 11.3. The van der Waals surface area contributed by atoms with E-state index in [1.165, 1.54) is 6.92 Å². The number of ketones is 1. The molecule has 0 bridgehead atoms. The van der Waals surface area contributed by atoms with Crippen LogP contribution in [0.25, 0.3) is 0 Å². The van der Waals surface area contributed by atoms with E-state index in [-0.39, 0.29) is 11.7 Å². The Bertz CT molecular complexity index is 442. The molecule has 1 rings (SSSR count). The summed E-state index contributed by atoms with van der Waals surface area (Å²) >= 11 is 0. The molecular formula is C12H14N2O. The number of aromatic nitrogens is 1. The highest BCUT2D eigenvalue weighted by Gasteiger charge is 2.13. The van der Waals surface area contributed by atoms with Gasteiger partial charge in [0.2, 0.25) is 0 Å². The third-order valence-electron chi connectivity index (χ3n) is 2.29. The van der Waals surface area contributed by atoms with E-state index >= 15 is 0 Å². The maximum Gasteiger partial charge on any atom is 0.161 e. The molecular weight excluding hydrogens is 188 g/mol. The quantitative estimate of drug-likeness (QED) is 0.692. The fourth-order valence-corrected chi connectivity index (χ4v) is 1.51. The van der Waals surface area contributed by atoms with Gasteiger partial charge < -0.3 is 0 Å². The van der Waals surface area contributed by atoms with Crippen LogP contribution in [0.5, 0.6) is 0 Å². The van der Waals surface area contributed by atoms with Crippen LogP contribution in [0, 0.1) is 18.3 Å². The lowest BCUT2D eigenvalue weighted by Gasteiger charge is -2.10. The van der Waals surface area contributed by atoms with Crippen molar-refractivity contribution in [2.24, 2.45) is 0 Å². The monoisotopic (exact) mass is 202 g/mol. The summed E-state index contributed by atoms with van der Waals surface area (Å²) in [6, 6.07) is 3.72. The summed E-state index contributed by atoms with van der Waals surface area (Å²) in [6.45, 7) is 7.25. The number of aryl methyl sites for hydroxylation is 1. The van der Waals surface area contributed by atoms with E-state index in [9.17, 15) is 4.79 Å². The van der Waals surface area contributed by atoms with Crippen molar-refractivity contribution in [3.05, 3.63) is 28.6 Å². The van der Waals surface area contributed by atoms with Crippen LogP contribution in [-0.4, -0.2) is 10.8 Å². The minimum atomic E-state index is -0.0493. The highest BCUT2D eigenvalue weighted by atomic mass is 16.1. The Morgan fingerprint density at radius 2 is 2.13 bits per heavy atom. The SMILES string of the molecule is CC(=O)c1cc(C#N)c(C(C)C)nc1C. The molecule has 1 aromatic rings. The van der Waals surface area contributed by atoms with E-state index in [4.69, 9.17) is 5.26 Å². The van der Waals surface area contributed by atoms with Gasteiger partial charge in [-0.05, 0) is 25.8 Å². The standard InChI is InChI=1S/C12H14N2O/c1-7(2)12-10(6-13)5-11(9(4)15)8(3)14-12/h5,7H,1-4H3. The summed E-state index contributed by atoms with van der Waals surface area (Å²) in [5.74, 6) is 0.145. The molecule has 0 aromatic carbocycles. The number of rotatable bonds is 2. The van der Waals surface area contributed by atoms with Gasteiger partial charge in [0.25, 0.3) is 0 Å². The zero-order valence-corrected chi connectivity index (χ0v) is 9.46. The second kappa shape index (κ2) is 4.22. The Kier molecular flexibility index (Phi) is 3.21. The number of hydrogen-bond donors (Lipinski definition) is 0. The molecule has 0 aliphatic rings. The molecule has 0 fully saturated rings. The molecule has 0 atom stereocenters. The van der Waals surface area contributed by atoms with Gasteiger partial charge in [-0.15, -0.1) is 0 Å². The summed E-state index contributed by atoms with van der Waals surface area (Å²) in [5, 5.41) is 8.96. The van der Waals surface area contributed by atoms with Crippen LogP contribution in [-0.2, 0) is 0 Å². The van der Waals surface area contributed by atoms with Crippen molar-refractivity contribution in [2.45, 2.75) is 33.6 Å². The smallest absolute Gasteiger partial charge is 0.161 e. The first kappa shape index (κ1) is 11.4. The van der Waals surface area contributed by atoms with E-state index in [2.05, 4.69) is 11.1 Å². The fraction of sp³-hybridized carbons (Fsp3) is 0.417. The number of carbonyl (C=O) groups is 1. The normalized spacial score (nSPS) is 10.1. The lowest BCUT2D eigenvalue weighted by Crippen LogP contribution is -2.05. The van der Waals surface area contributed by atoms with E-state index < -0.39 is 0 Å². The highest BCUT2D eigenvalue weighted by Crippen LogP contribution is 2.19. The molecule has 3 nitrogen and oxygen atoms in total. The van der Waals surface area contributed by atoms with Gasteiger partial charge in [-0.3, -0.25) is 9.78 Å². The van der Waals surface area contributed by atoms with Gasteiger partial charge in [0.15, 0.2) is 5.78 Å². The summed E-state index contributed by atoms with van der Waals surface area (Å²) in [7, 11) is 0. The molecule has 0 aliphatic carbocycles. The Morgan fingerprint density at radius 1 is 1.53 bits per heavy atom. The molecule has 15 heavy (non-hydrogen) atoms. The Hall–Kier alpha value is -1.69. The second-order valence-corrected chi connectivity index (χ2v) is 3.88. The van der Waals surface area contributed by atoms with Crippen molar-refractivity contribution in [1.82, 2.24) is 4.98 Å². The minimum absolute atomic E-state index is 0.0493. The number of nitriles is 1. The molecule has 0 unspecified atom stereocenters. The largest absolute Gasteiger partial charge is 0.294 e. The predicted octanol–water partition coefficient (Wildman–Crippen LogP) is 2.59. The van der Waals surface area contributed by atoms with Crippen LogP contribution in [0.1, 0.15) is 54.0 Å². The number of carbonyl (C=O) groups excluding carboxylic acids is 1. The number of nitrogens with zero attached hydrogens (tertiary/aromatic N) is 2. The molecule has 0 amide bonds. The average molecular weight is 202 g/mol. The van der Waals surface area contributed by atoms with Crippen molar-refractivity contribution in [3.63, 3.8) is 0 Å². The maximum atomic E-state index is 11.3. The van der Waals surface area contributed by atoms with Crippen molar-refractivity contribution in [2.75, 3.05) is 0 Å². The van der Waals surface area contributed by atoms with Gasteiger partial charge >= 0.3 is 0 Å². The minimum Gasteiger partial charge on any atom is -0.294 e. The van der Waals surface area contributed by atoms with Crippen molar-refractivity contribution in [3.8, 4) is 6.07 Å². The third kappa shape index (κ3) is 2.21. The molecule has 3 heteroatoms. The van der Waals surface area contributed by atoms with Crippen molar-refractivity contribution < 1.29 is 4.79 Å². The lowest BCUT2D eigenvalue weighted by molar-refractivity contribution is 0.101. The molecule has 78 valence electrons. The van der Waals surface area contributed by atoms with Gasteiger partial charge in [0, 0.05) is 11.3 Å². The summed E-state index contributed by atoms with van der Waals surface area (Å²) in [5.41, 5.74) is 2.50. The van der Waals surface area contributed by atoms with E-state index in [1.54, 1.807) is 13.0 Å². The van der Waals surface area contributed by atoms with Gasteiger partial charge in [0.05, 0.1) is 11.3 Å². The zero-order chi connectivity index (χ0) is 11.6. The average Bonchev–Trinajstić information content (AvgIpc) is 2.16. The first-order valence-electron chi connectivity index (χ1n) is 4.90. The van der Waals surface area contributed by atoms with Crippen molar-refractivity contribution >= 4 is 5.78 Å². The van der Waals surface area contributed by atoms with Crippen LogP contribution < -0.4 is 0 Å². The lowest BCUT2D eigenvalue weighted by atomic mass is 10.00. The van der Waals surface area contributed by atoms with Gasteiger partial charge in [0.1, 0.15) is 6.07 Å². The Balaban J connectivity index is 3.44. The summed E-state index contributed by atoms with van der Waals surface area (Å²) in [6.07, 6.45) is 0. The molecule has 0 aliphatic heterocycles. The predicted molar refractivity (Wildman–Crippen MR) is 57.8 cm³/mol. The second-order valence-electron chi connectivity index (χ2n) is 3.88. The molecule has 0 saturated heterocycles. The van der Waals surface area contributed by atoms with Gasteiger partial charge in [-0.1, -0.05) is 13.8 Å². The molecule has 1 heterocycles. The van der Waals surface area contributed by atoms with Gasteiger partial charge in [-0.2, -0.15) is 5.26 Å². The Labute approximate surface area is 89.8 Å². The van der Waals surface area contributed by atoms with Gasteiger partial charge in [-0.25, -0.2) is 0 Å². The molecule has 0 saturated carbocycles. The summed E-state index contributed by atoms with van der Waals surface area (Å²) < 4.78 is 0. The highest BCUT2D eigenvalue weighted by molar-refractivity contribution is 5.95. The zero-order valence-electron chi connectivity index (χ0n) is 9.46. The number of pyridine rings is 1.